The maximum atomic E-state index is 12.7. The largest absolute Gasteiger partial charge is 0.393 e. The molecule has 2 rings (SSSR count). The quantitative estimate of drug-likeness (QED) is 0.826. The highest BCUT2D eigenvalue weighted by atomic mass is 16.3. The number of hydrogen-bond acceptors (Lipinski definition) is 3. The van der Waals surface area contributed by atoms with Crippen molar-refractivity contribution >= 4 is 11.8 Å². The number of likely N-dealkylation sites (tertiary alicyclic amines) is 1. The molecule has 2 heterocycles. The van der Waals surface area contributed by atoms with Gasteiger partial charge in [0.1, 0.15) is 5.82 Å². The van der Waals surface area contributed by atoms with Crippen molar-refractivity contribution in [3.05, 3.63) is 11.8 Å². The van der Waals surface area contributed by atoms with Crippen molar-refractivity contribution in [2.75, 3.05) is 18.4 Å². The Kier molecular flexibility index (Phi) is 5.28. The van der Waals surface area contributed by atoms with Crippen molar-refractivity contribution in [1.29, 1.82) is 0 Å². The lowest BCUT2D eigenvalue weighted by Gasteiger charge is -2.25. The van der Waals surface area contributed by atoms with Gasteiger partial charge in [0, 0.05) is 24.6 Å². The third kappa shape index (κ3) is 4.50. The molecular formula is C18H32N4O2. The van der Waals surface area contributed by atoms with Crippen LogP contribution in [-0.4, -0.2) is 45.0 Å². The number of aliphatic hydroxyl groups is 1. The van der Waals surface area contributed by atoms with E-state index in [0.29, 0.717) is 19.5 Å². The Morgan fingerprint density at radius 1 is 1.21 bits per heavy atom. The monoisotopic (exact) mass is 336 g/mol. The van der Waals surface area contributed by atoms with Gasteiger partial charge < -0.3 is 10.0 Å². The standard InChI is InChI=1S/C18H32N4O2/c1-17(2,3)14-12-15(22(20-14)18(4,5)6)19-16(24)21-10-7-8-13(23)9-11-21/h12-13,23H,7-11H2,1-6H3,(H,19,24). The number of urea groups is 1. The molecule has 0 radical (unpaired) electrons. The van der Waals surface area contributed by atoms with Crippen LogP contribution in [-0.2, 0) is 11.0 Å². The third-order valence-electron chi connectivity index (χ3n) is 4.33. The average molecular weight is 336 g/mol. The molecule has 24 heavy (non-hydrogen) atoms. The first-order valence-corrected chi connectivity index (χ1v) is 8.83. The predicted molar refractivity (Wildman–Crippen MR) is 96.4 cm³/mol. The molecule has 6 heteroatoms. The lowest BCUT2D eigenvalue weighted by Crippen LogP contribution is -2.37. The van der Waals surface area contributed by atoms with Crippen LogP contribution in [0.5, 0.6) is 0 Å². The molecule has 0 aliphatic carbocycles. The van der Waals surface area contributed by atoms with E-state index >= 15 is 0 Å². The molecule has 1 fully saturated rings. The number of nitrogens with zero attached hydrogens (tertiary/aromatic N) is 3. The summed E-state index contributed by atoms with van der Waals surface area (Å²) in [5.74, 6) is 0.724. The van der Waals surface area contributed by atoms with E-state index in [1.807, 2.05) is 10.7 Å². The fraction of sp³-hybridized carbons (Fsp3) is 0.778. The van der Waals surface area contributed by atoms with Gasteiger partial charge in [-0.3, -0.25) is 5.32 Å². The molecule has 1 saturated heterocycles. The van der Waals surface area contributed by atoms with E-state index in [4.69, 9.17) is 5.10 Å². The highest BCUT2D eigenvalue weighted by molar-refractivity contribution is 5.88. The van der Waals surface area contributed by atoms with Crippen LogP contribution in [0.1, 0.15) is 66.5 Å². The Hall–Kier alpha value is -1.56. The van der Waals surface area contributed by atoms with Crippen LogP contribution < -0.4 is 5.32 Å². The first-order chi connectivity index (χ1) is 11.0. The Labute approximate surface area is 145 Å². The predicted octanol–water partition coefficient (Wildman–Crippen LogP) is 3.31. The summed E-state index contributed by atoms with van der Waals surface area (Å²) < 4.78 is 1.89. The van der Waals surface area contributed by atoms with Gasteiger partial charge in [-0.1, -0.05) is 20.8 Å². The maximum absolute atomic E-state index is 12.7. The van der Waals surface area contributed by atoms with Crippen LogP contribution in [0.3, 0.4) is 0 Å². The third-order valence-corrected chi connectivity index (χ3v) is 4.33. The normalized spacial score (nSPS) is 20.0. The van der Waals surface area contributed by atoms with Crippen molar-refractivity contribution < 1.29 is 9.90 Å². The minimum atomic E-state index is -0.296. The molecule has 2 amide bonds. The Bertz CT molecular complexity index is 581. The van der Waals surface area contributed by atoms with Gasteiger partial charge in [0.15, 0.2) is 0 Å². The van der Waals surface area contributed by atoms with E-state index in [2.05, 4.69) is 46.9 Å². The maximum Gasteiger partial charge on any atom is 0.323 e. The summed E-state index contributed by atoms with van der Waals surface area (Å²) in [7, 11) is 0. The zero-order valence-corrected chi connectivity index (χ0v) is 15.9. The van der Waals surface area contributed by atoms with Gasteiger partial charge in [-0.25, -0.2) is 9.48 Å². The number of amides is 2. The molecular weight excluding hydrogens is 304 g/mol. The first kappa shape index (κ1) is 18.8. The van der Waals surface area contributed by atoms with Crippen LogP contribution in [0.4, 0.5) is 10.6 Å². The van der Waals surface area contributed by atoms with Crippen LogP contribution in [0.25, 0.3) is 0 Å². The molecule has 0 aromatic carbocycles. The van der Waals surface area contributed by atoms with Crippen LogP contribution >= 0.6 is 0 Å². The number of carbonyl (C=O) groups is 1. The van der Waals surface area contributed by atoms with Gasteiger partial charge in [-0.15, -0.1) is 0 Å². The smallest absolute Gasteiger partial charge is 0.323 e. The van der Waals surface area contributed by atoms with Gasteiger partial charge in [0.25, 0.3) is 0 Å². The first-order valence-electron chi connectivity index (χ1n) is 8.83. The minimum Gasteiger partial charge on any atom is -0.393 e. The van der Waals surface area contributed by atoms with Crippen molar-refractivity contribution in [2.24, 2.45) is 0 Å². The molecule has 136 valence electrons. The van der Waals surface area contributed by atoms with Crippen molar-refractivity contribution in [3.63, 3.8) is 0 Å². The van der Waals surface area contributed by atoms with E-state index in [-0.39, 0.29) is 23.1 Å². The van der Waals surface area contributed by atoms with Crippen LogP contribution in [0.2, 0.25) is 0 Å². The summed E-state index contributed by atoms with van der Waals surface area (Å²) >= 11 is 0. The highest BCUT2D eigenvalue weighted by Gasteiger charge is 2.27. The summed E-state index contributed by atoms with van der Waals surface area (Å²) in [5, 5.41) is 17.5. The van der Waals surface area contributed by atoms with Crippen LogP contribution in [0.15, 0.2) is 6.07 Å². The Morgan fingerprint density at radius 2 is 1.88 bits per heavy atom. The summed E-state index contributed by atoms with van der Waals surface area (Å²) in [4.78, 5) is 14.4. The molecule has 1 atom stereocenters. The van der Waals surface area contributed by atoms with E-state index in [1.165, 1.54) is 0 Å². The second kappa shape index (κ2) is 6.75. The van der Waals surface area contributed by atoms with Crippen molar-refractivity contribution in [2.45, 2.75) is 77.9 Å². The van der Waals surface area contributed by atoms with Gasteiger partial charge in [0.05, 0.1) is 17.3 Å². The molecule has 2 N–H and O–H groups in total. The molecule has 1 aliphatic heterocycles. The SMILES string of the molecule is CC(C)(C)c1cc(NC(=O)N2CCCC(O)CC2)n(C(C)(C)C)n1. The number of nitrogens with one attached hydrogen (secondary N) is 1. The Morgan fingerprint density at radius 3 is 2.46 bits per heavy atom. The fourth-order valence-electron chi connectivity index (χ4n) is 2.82. The van der Waals surface area contributed by atoms with E-state index in [1.54, 1.807) is 4.90 Å². The second-order valence-corrected chi connectivity index (χ2v) is 8.75. The second-order valence-electron chi connectivity index (χ2n) is 8.75. The average Bonchev–Trinajstić information content (AvgIpc) is 2.75. The van der Waals surface area contributed by atoms with Gasteiger partial charge >= 0.3 is 6.03 Å². The lowest BCUT2D eigenvalue weighted by molar-refractivity contribution is 0.156. The summed E-state index contributed by atoms with van der Waals surface area (Å²) in [6.45, 7) is 13.8. The molecule has 0 bridgehead atoms. The molecule has 1 aromatic heterocycles. The zero-order valence-electron chi connectivity index (χ0n) is 15.9. The molecule has 0 spiro atoms. The molecule has 1 aromatic rings. The van der Waals surface area contributed by atoms with E-state index < -0.39 is 0 Å². The number of aliphatic hydroxyl groups excluding tert-OH is 1. The number of aromatic nitrogens is 2. The number of anilines is 1. The molecule has 1 aliphatic rings. The van der Waals surface area contributed by atoms with Crippen LogP contribution in [0, 0.1) is 0 Å². The summed E-state index contributed by atoms with van der Waals surface area (Å²) in [6, 6.07) is 1.85. The lowest BCUT2D eigenvalue weighted by atomic mass is 9.92. The fourth-order valence-corrected chi connectivity index (χ4v) is 2.82. The number of rotatable bonds is 1. The van der Waals surface area contributed by atoms with Gasteiger partial charge in [-0.05, 0) is 40.0 Å². The molecule has 1 unspecified atom stereocenters. The van der Waals surface area contributed by atoms with E-state index in [9.17, 15) is 9.90 Å². The van der Waals surface area contributed by atoms with Gasteiger partial charge in [0.2, 0.25) is 0 Å². The summed E-state index contributed by atoms with van der Waals surface area (Å²) in [6.07, 6.45) is 1.94. The summed E-state index contributed by atoms with van der Waals surface area (Å²) in [5.41, 5.74) is 0.656. The van der Waals surface area contributed by atoms with Crippen molar-refractivity contribution in [1.82, 2.24) is 14.7 Å². The topological polar surface area (TPSA) is 70.4 Å². The highest BCUT2D eigenvalue weighted by Crippen LogP contribution is 2.28. The van der Waals surface area contributed by atoms with E-state index in [0.717, 1.165) is 24.4 Å². The Balaban J connectivity index is 2.21. The van der Waals surface area contributed by atoms with Crippen molar-refractivity contribution in [3.8, 4) is 0 Å². The molecule has 6 nitrogen and oxygen atoms in total. The number of carbonyl (C=O) groups excluding carboxylic acids is 1. The molecule has 0 saturated carbocycles. The minimum absolute atomic E-state index is 0.0807. The van der Waals surface area contributed by atoms with Gasteiger partial charge in [-0.2, -0.15) is 5.10 Å². The zero-order chi connectivity index (χ0) is 18.1. The number of hydrogen-bond donors (Lipinski definition) is 2.